The molecule has 2 aliphatic rings. The summed E-state index contributed by atoms with van der Waals surface area (Å²) in [6.07, 6.45) is 9.00. The van der Waals surface area contributed by atoms with Gasteiger partial charge in [-0.05, 0) is 44.1 Å². The van der Waals surface area contributed by atoms with Crippen LogP contribution in [0, 0.1) is 11.3 Å². The number of hydrogen-bond donors (Lipinski definition) is 2. The van der Waals surface area contributed by atoms with Crippen molar-refractivity contribution in [3.63, 3.8) is 0 Å². The summed E-state index contributed by atoms with van der Waals surface area (Å²) in [4.78, 5) is 39.5. The molecule has 4 atom stereocenters. The van der Waals surface area contributed by atoms with Crippen LogP contribution >= 0.6 is 0 Å². The SMILES string of the molecule is CN(CC(NC(=O)NC(C(=O)N1CCCC1C=O)C1CCCCC1)C(C)(C)C)S(C)=O. The highest BCUT2D eigenvalue weighted by molar-refractivity contribution is 7.81. The summed E-state index contributed by atoms with van der Waals surface area (Å²) in [6.45, 7) is 7.06. The van der Waals surface area contributed by atoms with Crippen molar-refractivity contribution in [1.29, 1.82) is 0 Å². The van der Waals surface area contributed by atoms with Gasteiger partial charge in [-0.3, -0.25) is 4.79 Å². The lowest BCUT2D eigenvalue weighted by Crippen LogP contribution is -2.59. The molecule has 1 aliphatic heterocycles. The lowest BCUT2D eigenvalue weighted by atomic mass is 9.83. The van der Waals surface area contributed by atoms with Gasteiger partial charge in [-0.25, -0.2) is 13.3 Å². The van der Waals surface area contributed by atoms with Gasteiger partial charge >= 0.3 is 6.03 Å². The van der Waals surface area contributed by atoms with E-state index in [9.17, 15) is 18.6 Å². The molecule has 0 aromatic carbocycles. The molecule has 1 saturated heterocycles. The van der Waals surface area contributed by atoms with Gasteiger partial charge in [0.2, 0.25) is 5.91 Å². The van der Waals surface area contributed by atoms with Crippen molar-refractivity contribution in [3.05, 3.63) is 0 Å². The van der Waals surface area contributed by atoms with Crippen molar-refractivity contribution in [3.8, 4) is 0 Å². The van der Waals surface area contributed by atoms with E-state index in [4.69, 9.17) is 0 Å². The second kappa shape index (κ2) is 11.4. The number of rotatable bonds is 8. The number of amides is 3. The number of nitrogens with one attached hydrogen (secondary N) is 2. The third kappa shape index (κ3) is 7.27. The van der Waals surface area contributed by atoms with Crippen LogP contribution < -0.4 is 10.6 Å². The fourth-order valence-electron chi connectivity index (χ4n) is 4.47. The first kappa shape index (κ1) is 25.8. The zero-order valence-electron chi connectivity index (χ0n) is 19.7. The third-order valence-electron chi connectivity index (χ3n) is 6.64. The van der Waals surface area contributed by atoms with Gasteiger partial charge in [-0.2, -0.15) is 0 Å². The molecular weight excluding hydrogens is 416 g/mol. The largest absolute Gasteiger partial charge is 0.334 e. The highest BCUT2D eigenvalue weighted by Crippen LogP contribution is 2.29. The Morgan fingerprint density at radius 2 is 1.77 bits per heavy atom. The number of likely N-dealkylation sites (tertiary alicyclic amines) is 1. The van der Waals surface area contributed by atoms with E-state index in [2.05, 4.69) is 10.6 Å². The molecular formula is C22H40N4O4S. The highest BCUT2D eigenvalue weighted by atomic mass is 32.2. The Balaban J connectivity index is 2.14. The lowest BCUT2D eigenvalue weighted by Gasteiger charge is -2.36. The Morgan fingerprint density at radius 1 is 1.13 bits per heavy atom. The van der Waals surface area contributed by atoms with E-state index in [-0.39, 0.29) is 35.4 Å². The van der Waals surface area contributed by atoms with Crippen LogP contribution in [0.2, 0.25) is 0 Å². The normalized spacial score (nSPS) is 23.3. The average Bonchev–Trinajstić information content (AvgIpc) is 3.19. The van der Waals surface area contributed by atoms with Crippen LogP contribution in [0.4, 0.5) is 4.79 Å². The van der Waals surface area contributed by atoms with E-state index in [0.29, 0.717) is 19.5 Å². The molecule has 1 heterocycles. The van der Waals surface area contributed by atoms with Crippen molar-refractivity contribution >= 4 is 29.2 Å². The summed E-state index contributed by atoms with van der Waals surface area (Å²) in [5.41, 5.74) is -0.257. The number of carbonyl (C=O) groups is 3. The van der Waals surface area contributed by atoms with Gasteiger partial charge in [0.05, 0.1) is 17.0 Å². The summed E-state index contributed by atoms with van der Waals surface area (Å²) in [5.74, 6) is -0.0606. The average molecular weight is 457 g/mol. The standard InChI is InChI=1S/C22H40N4O4S/c1-22(2,3)18(14-25(4)31(5)30)23-21(29)24-19(16-10-7-6-8-11-16)20(28)26-13-9-12-17(26)15-27/h15-19H,6-14H2,1-5H3,(H2,23,24,29). The van der Waals surface area contributed by atoms with Crippen molar-refractivity contribution in [1.82, 2.24) is 19.8 Å². The molecule has 31 heavy (non-hydrogen) atoms. The van der Waals surface area contributed by atoms with E-state index in [1.54, 1.807) is 22.5 Å². The fraction of sp³-hybridized carbons (Fsp3) is 0.864. The topological polar surface area (TPSA) is 98.8 Å². The number of carbonyl (C=O) groups excluding carboxylic acids is 3. The summed E-state index contributed by atoms with van der Waals surface area (Å²) in [7, 11) is 0.618. The van der Waals surface area contributed by atoms with Crippen LogP contribution in [0.1, 0.15) is 65.7 Å². The van der Waals surface area contributed by atoms with E-state index in [0.717, 1.165) is 44.8 Å². The smallest absolute Gasteiger partial charge is 0.315 e. The first-order valence-corrected chi connectivity index (χ1v) is 12.9. The summed E-state index contributed by atoms with van der Waals surface area (Å²) in [5, 5.41) is 5.98. The second-order valence-corrected chi connectivity index (χ2v) is 11.5. The van der Waals surface area contributed by atoms with Gasteiger partial charge in [0.25, 0.3) is 0 Å². The number of urea groups is 1. The van der Waals surface area contributed by atoms with Crippen molar-refractivity contribution in [2.75, 3.05) is 26.4 Å². The molecule has 1 aliphatic carbocycles. The number of hydrogen-bond acceptors (Lipinski definition) is 4. The number of aldehydes is 1. The molecule has 2 fully saturated rings. The molecule has 0 bridgehead atoms. The number of nitrogens with zero attached hydrogens (tertiary/aromatic N) is 2. The third-order valence-corrected chi connectivity index (χ3v) is 7.67. The first-order chi connectivity index (χ1) is 14.5. The molecule has 1 saturated carbocycles. The molecule has 0 radical (unpaired) electrons. The maximum absolute atomic E-state index is 13.4. The van der Waals surface area contributed by atoms with Gasteiger partial charge in [-0.15, -0.1) is 0 Å². The van der Waals surface area contributed by atoms with Crippen LogP contribution in [0.5, 0.6) is 0 Å². The van der Waals surface area contributed by atoms with Crippen LogP contribution in [-0.2, 0) is 20.6 Å². The second-order valence-electron chi connectivity index (χ2n) is 10.0. The minimum absolute atomic E-state index is 0.0822. The van der Waals surface area contributed by atoms with Gasteiger partial charge in [-0.1, -0.05) is 40.0 Å². The maximum Gasteiger partial charge on any atom is 0.315 e. The maximum atomic E-state index is 13.4. The van der Waals surface area contributed by atoms with Crippen LogP contribution in [-0.4, -0.2) is 76.2 Å². The fourth-order valence-corrected chi connectivity index (χ4v) is 4.83. The minimum Gasteiger partial charge on any atom is -0.334 e. The Bertz CT molecular complexity index is 660. The van der Waals surface area contributed by atoms with Gasteiger partial charge in [0.1, 0.15) is 12.3 Å². The highest BCUT2D eigenvalue weighted by Gasteiger charge is 2.38. The molecule has 8 nitrogen and oxygen atoms in total. The van der Waals surface area contributed by atoms with E-state index >= 15 is 0 Å². The van der Waals surface area contributed by atoms with Gasteiger partial charge < -0.3 is 20.3 Å². The molecule has 2 N–H and O–H groups in total. The van der Waals surface area contributed by atoms with Crippen LogP contribution in [0.3, 0.4) is 0 Å². The zero-order valence-corrected chi connectivity index (χ0v) is 20.5. The monoisotopic (exact) mass is 456 g/mol. The predicted molar refractivity (Wildman–Crippen MR) is 123 cm³/mol. The quantitative estimate of drug-likeness (QED) is 0.546. The van der Waals surface area contributed by atoms with Crippen molar-refractivity contribution < 1.29 is 18.6 Å². The summed E-state index contributed by atoms with van der Waals surface area (Å²) < 4.78 is 13.5. The molecule has 3 amide bonds. The van der Waals surface area contributed by atoms with Gasteiger partial charge in [0.15, 0.2) is 0 Å². The minimum atomic E-state index is -1.14. The molecule has 178 valence electrons. The predicted octanol–water partition coefficient (Wildman–Crippen LogP) is 2.06. The van der Waals surface area contributed by atoms with E-state index < -0.39 is 17.0 Å². The molecule has 0 aromatic rings. The Hall–Kier alpha value is -1.48. The molecule has 2 rings (SSSR count). The van der Waals surface area contributed by atoms with E-state index in [1.807, 2.05) is 20.8 Å². The Kier molecular flexibility index (Phi) is 9.48. The lowest BCUT2D eigenvalue weighted by molar-refractivity contribution is -0.137. The van der Waals surface area contributed by atoms with Gasteiger partial charge in [0, 0.05) is 25.4 Å². The Labute approximate surface area is 189 Å². The molecule has 0 aromatic heterocycles. The van der Waals surface area contributed by atoms with Crippen LogP contribution in [0.15, 0.2) is 0 Å². The summed E-state index contributed by atoms with van der Waals surface area (Å²) >= 11 is 0. The van der Waals surface area contributed by atoms with Crippen LogP contribution in [0.25, 0.3) is 0 Å². The molecule has 4 unspecified atom stereocenters. The number of likely N-dealkylation sites (N-methyl/N-ethyl adjacent to an activating group) is 1. The van der Waals surface area contributed by atoms with Crippen molar-refractivity contribution in [2.24, 2.45) is 11.3 Å². The van der Waals surface area contributed by atoms with Crippen molar-refractivity contribution in [2.45, 2.75) is 83.8 Å². The molecule has 9 heteroatoms. The van der Waals surface area contributed by atoms with E-state index in [1.165, 1.54) is 0 Å². The first-order valence-electron chi connectivity index (χ1n) is 11.4. The molecule has 0 spiro atoms. The zero-order chi connectivity index (χ0) is 23.2. The Morgan fingerprint density at radius 3 is 2.32 bits per heavy atom. The summed E-state index contributed by atoms with van der Waals surface area (Å²) in [6, 6.07) is -1.66.